The molecule has 1 aliphatic heterocycles. The van der Waals surface area contributed by atoms with Gasteiger partial charge in [-0.1, -0.05) is 0 Å². The van der Waals surface area contributed by atoms with Crippen molar-refractivity contribution in [1.82, 2.24) is 9.78 Å². The lowest BCUT2D eigenvalue weighted by atomic mass is 10.0. The summed E-state index contributed by atoms with van der Waals surface area (Å²) >= 11 is 0. The van der Waals surface area contributed by atoms with Crippen LogP contribution in [0.2, 0.25) is 0 Å². The zero-order valence-corrected chi connectivity index (χ0v) is 17.9. The van der Waals surface area contributed by atoms with Gasteiger partial charge in [-0.25, -0.2) is 4.68 Å². The monoisotopic (exact) mass is 436 g/mol. The van der Waals surface area contributed by atoms with E-state index in [0.717, 1.165) is 25.0 Å². The van der Waals surface area contributed by atoms with E-state index in [-0.39, 0.29) is 17.4 Å². The first-order chi connectivity index (χ1) is 15.5. The molecule has 1 N–H and O–H groups in total. The third-order valence-electron chi connectivity index (χ3n) is 5.51. The summed E-state index contributed by atoms with van der Waals surface area (Å²) in [6.07, 6.45) is 2.06. The molecule has 1 saturated heterocycles. The molecule has 0 amide bonds. The molecule has 0 spiro atoms. The summed E-state index contributed by atoms with van der Waals surface area (Å²) in [5, 5.41) is 14.1. The number of methoxy groups -OCH3 is 1. The maximum absolute atomic E-state index is 13.4. The second-order valence-corrected chi connectivity index (χ2v) is 7.57. The number of nitrogens with zero attached hydrogens (tertiary/aromatic N) is 3. The van der Waals surface area contributed by atoms with E-state index in [0.29, 0.717) is 35.0 Å². The molecule has 1 aliphatic rings. The second kappa shape index (κ2) is 9.19. The van der Waals surface area contributed by atoms with Crippen LogP contribution in [0.4, 0.5) is 5.69 Å². The van der Waals surface area contributed by atoms with Crippen LogP contribution in [0.3, 0.4) is 0 Å². The molecule has 2 heterocycles. The van der Waals surface area contributed by atoms with Crippen LogP contribution >= 0.6 is 0 Å². The Morgan fingerprint density at radius 1 is 1.25 bits per heavy atom. The van der Waals surface area contributed by atoms with Crippen molar-refractivity contribution in [2.75, 3.05) is 20.3 Å². The normalized spacial score (nSPS) is 16.3. The molecule has 2 aromatic carbocycles. The minimum absolute atomic E-state index is 0.0433. The number of hydrogen-bond donors (Lipinski definition) is 1. The standard InChI is InChI=1S/C23H24N4O5/c1-15(24-14-20-4-3-13-32-20)21-22(16-5-11-19(31-2)12-6-16)25-26(23(21)28)17-7-9-18(10-8-17)27(29)30/h5-12,20,25H,3-4,13-14H2,1-2H3/t20-/m0/s1. The molecule has 1 aromatic heterocycles. The van der Waals surface area contributed by atoms with Crippen molar-refractivity contribution in [3.8, 4) is 22.7 Å². The average Bonchev–Trinajstić information content (AvgIpc) is 3.45. The van der Waals surface area contributed by atoms with E-state index in [1.54, 1.807) is 7.11 Å². The van der Waals surface area contributed by atoms with Crippen molar-refractivity contribution in [3.05, 3.63) is 74.6 Å². The molecule has 0 aliphatic carbocycles. The quantitative estimate of drug-likeness (QED) is 0.344. The highest BCUT2D eigenvalue weighted by atomic mass is 16.6. The van der Waals surface area contributed by atoms with E-state index in [1.165, 1.54) is 28.9 Å². The summed E-state index contributed by atoms with van der Waals surface area (Å²) in [4.78, 5) is 28.5. The van der Waals surface area contributed by atoms with Gasteiger partial charge in [0.05, 0.1) is 41.6 Å². The summed E-state index contributed by atoms with van der Waals surface area (Å²) < 4.78 is 12.3. The minimum atomic E-state index is -0.475. The fraction of sp³-hybridized carbons (Fsp3) is 0.304. The molecule has 9 heteroatoms. The average molecular weight is 436 g/mol. The van der Waals surface area contributed by atoms with Gasteiger partial charge in [0, 0.05) is 30.0 Å². The van der Waals surface area contributed by atoms with Crippen molar-refractivity contribution in [2.24, 2.45) is 4.99 Å². The van der Waals surface area contributed by atoms with Gasteiger partial charge in [0.25, 0.3) is 11.2 Å². The summed E-state index contributed by atoms with van der Waals surface area (Å²) in [5.74, 6) is 0.705. The Morgan fingerprint density at radius 3 is 2.56 bits per heavy atom. The Morgan fingerprint density at radius 2 is 1.97 bits per heavy atom. The first-order valence-electron chi connectivity index (χ1n) is 10.3. The molecule has 3 aromatic rings. The lowest BCUT2D eigenvalue weighted by Crippen LogP contribution is -2.20. The van der Waals surface area contributed by atoms with Crippen LogP contribution in [-0.2, 0) is 4.74 Å². The molecule has 1 atom stereocenters. The Kier molecular flexibility index (Phi) is 6.18. The highest BCUT2D eigenvalue weighted by Gasteiger charge is 2.21. The number of nitro benzene ring substituents is 1. The molecule has 32 heavy (non-hydrogen) atoms. The first-order valence-corrected chi connectivity index (χ1v) is 10.3. The Balaban J connectivity index is 1.78. The molecule has 0 unspecified atom stereocenters. The zero-order chi connectivity index (χ0) is 22.7. The van der Waals surface area contributed by atoms with E-state index in [1.807, 2.05) is 31.2 Å². The predicted octanol–water partition coefficient (Wildman–Crippen LogP) is 3.74. The number of non-ortho nitro benzene ring substituents is 1. The zero-order valence-electron chi connectivity index (χ0n) is 17.9. The highest BCUT2D eigenvalue weighted by Crippen LogP contribution is 2.25. The van der Waals surface area contributed by atoms with Crippen LogP contribution in [0.5, 0.6) is 5.75 Å². The number of rotatable bonds is 7. The maximum atomic E-state index is 13.4. The number of nitrogens with one attached hydrogen (secondary N) is 1. The molecule has 9 nitrogen and oxygen atoms in total. The number of aromatic nitrogens is 2. The largest absolute Gasteiger partial charge is 0.497 e. The van der Waals surface area contributed by atoms with Crippen molar-refractivity contribution in [3.63, 3.8) is 0 Å². The summed E-state index contributed by atoms with van der Waals surface area (Å²) in [5.41, 5.74) is 2.64. The summed E-state index contributed by atoms with van der Waals surface area (Å²) in [6, 6.07) is 13.2. The van der Waals surface area contributed by atoms with Crippen molar-refractivity contribution in [2.45, 2.75) is 25.9 Å². The summed E-state index contributed by atoms with van der Waals surface area (Å²) in [6.45, 7) is 3.05. The van der Waals surface area contributed by atoms with Crippen LogP contribution in [0.15, 0.2) is 58.3 Å². The summed E-state index contributed by atoms with van der Waals surface area (Å²) in [7, 11) is 1.59. The van der Waals surface area contributed by atoms with Crippen LogP contribution in [0.25, 0.3) is 16.9 Å². The fourth-order valence-electron chi connectivity index (χ4n) is 3.75. The van der Waals surface area contributed by atoms with Gasteiger partial charge in [0.2, 0.25) is 0 Å². The minimum Gasteiger partial charge on any atom is -0.497 e. The topological polar surface area (TPSA) is 112 Å². The van der Waals surface area contributed by atoms with E-state index in [9.17, 15) is 14.9 Å². The van der Waals surface area contributed by atoms with Crippen molar-refractivity contribution in [1.29, 1.82) is 0 Å². The van der Waals surface area contributed by atoms with Gasteiger partial charge >= 0.3 is 0 Å². The SMILES string of the molecule is COc1ccc(-c2[nH]n(-c3ccc([N+](=O)[O-])cc3)c(=O)c2C(C)=NC[C@@H]2CCCO2)cc1. The fourth-order valence-corrected chi connectivity index (χ4v) is 3.75. The molecular formula is C23H24N4O5. The lowest BCUT2D eigenvalue weighted by molar-refractivity contribution is -0.384. The van der Waals surface area contributed by atoms with Gasteiger partial charge in [0.15, 0.2) is 0 Å². The lowest BCUT2D eigenvalue weighted by Gasteiger charge is -2.07. The van der Waals surface area contributed by atoms with Crippen LogP contribution in [0.1, 0.15) is 25.3 Å². The van der Waals surface area contributed by atoms with Crippen molar-refractivity contribution < 1.29 is 14.4 Å². The van der Waals surface area contributed by atoms with Crippen molar-refractivity contribution >= 4 is 11.4 Å². The second-order valence-electron chi connectivity index (χ2n) is 7.57. The third-order valence-corrected chi connectivity index (χ3v) is 5.51. The maximum Gasteiger partial charge on any atom is 0.280 e. The van der Waals surface area contributed by atoms with Gasteiger partial charge in [-0.2, -0.15) is 0 Å². The van der Waals surface area contributed by atoms with Gasteiger partial charge in [-0.05, 0) is 56.2 Å². The predicted molar refractivity (Wildman–Crippen MR) is 121 cm³/mol. The number of benzene rings is 2. The first kappa shape index (κ1) is 21.5. The Bertz CT molecular complexity index is 1190. The van der Waals surface area contributed by atoms with E-state index in [2.05, 4.69) is 10.1 Å². The number of hydrogen-bond acceptors (Lipinski definition) is 6. The molecule has 0 bridgehead atoms. The highest BCUT2D eigenvalue weighted by molar-refractivity contribution is 6.03. The number of aliphatic imine (C=N–C) groups is 1. The van der Waals surface area contributed by atoms with Gasteiger partial charge in [-0.3, -0.25) is 25.0 Å². The molecule has 1 fully saturated rings. The number of aromatic amines is 1. The van der Waals surface area contributed by atoms with E-state index < -0.39 is 4.92 Å². The van der Waals surface area contributed by atoms with Crippen LogP contribution in [0, 0.1) is 10.1 Å². The third kappa shape index (κ3) is 4.33. The number of nitro groups is 1. The van der Waals surface area contributed by atoms with E-state index in [4.69, 9.17) is 9.47 Å². The Labute approximate surface area is 184 Å². The number of H-pyrrole nitrogens is 1. The van der Waals surface area contributed by atoms with Crippen LogP contribution < -0.4 is 10.3 Å². The molecular weight excluding hydrogens is 412 g/mol. The number of ether oxygens (including phenoxy) is 2. The van der Waals surface area contributed by atoms with Gasteiger partial charge < -0.3 is 9.47 Å². The van der Waals surface area contributed by atoms with E-state index >= 15 is 0 Å². The Hall–Kier alpha value is -3.72. The van der Waals surface area contributed by atoms with Crippen LogP contribution in [-0.4, -0.2) is 46.8 Å². The van der Waals surface area contributed by atoms with Gasteiger partial charge in [0.1, 0.15) is 5.75 Å². The molecule has 4 rings (SSSR count). The van der Waals surface area contributed by atoms with Gasteiger partial charge in [-0.15, -0.1) is 0 Å². The molecule has 0 radical (unpaired) electrons. The molecule has 0 saturated carbocycles. The molecule has 166 valence electrons. The smallest absolute Gasteiger partial charge is 0.280 e.